The Morgan fingerprint density at radius 1 is 1.17 bits per heavy atom. The number of carbonyl (C=O) groups excluding carboxylic acids is 1. The topological polar surface area (TPSA) is 64.0 Å². The molecule has 0 aliphatic heterocycles. The molecule has 0 saturated carbocycles. The van der Waals surface area contributed by atoms with Gasteiger partial charge in [-0.3, -0.25) is 14.2 Å². The molecule has 152 valence electrons. The Balaban J connectivity index is 1.69. The first-order valence-electron chi connectivity index (χ1n) is 9.62. The highest BCUT2D eigenvalue weighted by atomic mass is 79.9. The van der Waals surface area contributed by atoms with E-state index in [1.165, 1.54) is 27.8 Å². The van der Waals surface area contributed by atoms with Gasteiger partial charge in [0.15, 0.2) is 0 Å². The van der Waals surface area contributed by atoms with Gasteiger partial charge in [-0.2, -0.15) is 0 Å². The molecule has 30 heavy (non-hydrogen) atoms. The van der Waals surface area contributed by atoms with Gasteiger partial charge in [0.25, 0.3) is 5.56 Å². The molecular formula is C23H20BrN3O2S. The van der Waals surface area contributed by atoms with Crippen molar-refractivity contribution in [2.24, 2.45) is 0 Å². The molecule has 2 aromatic carbocycles. The number of nitrogens with one attached hydrogen (secondary N) is 1. The van der Waals surface area contributed by atoms with Crippen molar-refractivity contribution in [2.45, 2.75) is 26.3 Å². The molecular weight excluding hydrogens is 462 g/mol. The Morgan fingerprint density at radius 2 is 1.87 bits per heavy atom. The summed E-state index contributed by atoms with van der Waals surface area (Å²) in [4.78, 5) is 31.1. The van der Waals surface area contributed by atoms with Gasteiger partial charge in [-0.25, -0.2) is 4.98 Å². The number of aryl methyl sites for hydroxylation is 1. The SMILES string of the molecule is CCc1ccc(-c2csc3ncn(C(C)C(=O)Nc4ccc(Br)cc4)c(=O)c23)cc1. The summed E-state index contributed by atoms with van der Waals surface area (Å²) < 4.78 is 2.32. The van der Waals surface area contributed by atoms with Gasteiger partial charge in [0.05, 0.1) is 11.7 Å². The Kier molecular flexibility index (Phi) is 5.83. The summed E-state index contributed by atoms with van der Waals surface area (Å²) in [6, 6.07) is 14.8. The van der Waals surface area contributed by atoms with Crippen LogP contribution in [0.3, 0.4) is 0 Å². The van der Waals surface area contributed by atoms with Gasteiger partial charge in [-0.15, -0.1) is 11.3 Å². The van der Waals surface area contributed by atoms with Gasteiger partial charge in [0.1, 0.15) is 10.9 Å². The number of thiophene rings is 1. The Bertz CT molecular complexity index is 1260. The van der Waals surface area contributed by atoms with Gasteiger partial charge in [-0.05, 0) is 48.7 Å². The quantitative estimate of drug-likeness (QED) is 0.400. The van der Waals surface area contributed by atoms with E-state index in [2.05, 4.69) is 45.3 Å². The van der Waals surface area contributed by atoms with E-state index in [0.717, 1.165) is 22.0 Å². The molecule has 1 atom stereocenters. The fraction of sp³-hybridized carbons (Fsp3) is 0.174. The zero-order valence-corrected chi connectivity index (χ0v) is 19.0. The lowest BCUT2D eigenvalue weighted by molar-refractivity contribution is -0.118. The van der Waals surface area contributed by atoms with Gasteiger partial charge in [0, 0.05) is 21.1 Å². The molecule has 5 nitrogen and oxygen atoms in total. The first-order valence-corrected chi connectivity index (χ1v) is 11.3. The summed E-state index contributed by atoms with van der Waals surface area (Å²) in [5, 5.41) is 5.36. The van der Waals surface area contributed by atoms with Crippen molar-refractivity contribution in [3.8, 4) is 11.1 Å². The van der Waals surface area contributed by atoms with Crippen LogP contribution >= 0.6 is 27.3 Å². The minimum Gasteiger partial charge on any atom is -0.324 e. The van der Waals surface area contributed by atoms with Crippen LogP contribution in [0.1, 0.15) is 25.5 Å². The molecule has 0 aliphatic rings. The van der Waals surface area contributed by atoms with Gasteiger partial charge in [-0.1, -0.05) is 47.1 Å². The van der Waals surface area contributed by atoms with E-state index < -0.39 is 6.04 Å². The van der Waals surface area contributed by atoms with Crippen LogP contribution in [-0.4, -0.2) is 15.5 Å². The second kappa shape index (κ2) is 8.53. The minimum absolute atomic E-state index is 0.214. The molecule has 4 aromatic rings. The second-order valence-electron chi connectivity index (χ2n) is 7.01. The van der Waals surface area contributed by atoms with Crippen molar-refractivity contribution in [1.82, 2.24) is 9.55 Å². The van der Waals surface area contributed by atoms with E-state index in [4.69, 9.17) is 0 Å². The van der Waals surface area contributed by atoms with Crippen LogP contribution in [-0.2, 0) is 11.2 Å². The average Bonchev–Trinajstić information content (AvgIpc) is 3.20. The second-order valence-corrected chi connectivity index (χ2v) is 8.78. The van der Waals surface area contributed by atoms with Crippen molar-refractivity contribution in [3.63, 3.8) is 0 Å². The van der Waals surface area contributed by atoms with Crippen LogP contribution in [0, 0.1) is 0 Å². The molecule has 0 radical (unpaired) electrons. The van der Waals surface area contributed by atoms with E-state index in [0.29, 0.717) is 15.9 Å². The van der Waals surface area contributed by atoms with Crippen LogP contribution < -0.4 is 10.9 Å². The lowest BCUT2D eigenvalue weighted by atomic mass is 10.0. The molecule has 1 amide bonds. The maximum Gasteiger partial charge on any atom is 0.263 e. The molecule has 1 unspecified atom stereocenters. The van der Waals surface area contributed by atoms with E-state index in [9.17, 15) is 9.59 Å². The summed E-state index contributed by atoms with van der Waals surface area (Å²) >= 11 is 4.81. The molecule has 2 aromatic heterocycles. The molecule has 0 fully saturated rings. The Morgan fingerprint density at radius 3 is 2.53 bits per heavy atom. The van der Waals surface area contributed by atoms with Crippen molar-refractivity contribution in [3.05, 3.63) is 80.6 Å². The maximum absolute atomic E-state index is 13.3. The number of rotatable bonds is 5. The summed E-state index contributed by atoms with van der Waals surface area (Å²) in [5.74, 6) is -0.273. The number of nitrogens with zero attached hydrogens (tertiary/aromatic N) is 2. The standard InChI is InChI=1S/C23H20BrN3O2S/c1-3-15-4-6-16(7-5-15)19-12-30-22-20(19)23(29)27(13-25-22)14(2)21(28)26-18-10-8-17(24)9-11-18/h4-14H,3H2,1-2H3,(H,26,28). The monoisotopic (exact) mass is 481 g/mol. The molecule has 0 bridgehead atoms. The van der Waals surface area contributed by atoms with Crippen molar-refractivity contribution < 1.29 is 4.79 Å². The van der Waals surface area contributed by atoms with Crippen LogP contribution in [0.5, 0.6) is 0 Å². The lowest BCUT2D eigenvalue weighted by Gasteiger charge is -2.15. The predicted molar refractivity (Wildman–Crippen MR) is 126 cm³/mol. The highest BCUT2D eigenvalue weighted by molar-refractivity contribution is 9.10. The number of hydrogen-bond donors (Lipinski definition) is 1. The summed E-state index contributed by atoms with van der Waals surface area (Å²) in [6.45, 7) is 3.81. The normalized spacial score (nSPS) is 12.1. The largest absolute Gasteiger partial charge is 0.324 e. The number of hydrogen-bond acceptors (Lipinski definition) is 4. The van der Waals surface area contributed by atoms with Crippen LogP contribution in [0.15, 0.2) is 69.5 Å². The van der Waals surface area contributed by atoms with E-state index in [-0.39, 0.29) is 11.5 Å². The highest BCUT2D eigenvalue weighted by Gasteiger charge is 2.20. The van der Waals surface area contributed by atoms with Gasteiger partial charge >= 0.3 is 0 Å². The maximum atomic E-state index is 13.3. The number of fused-ring (bicyclic) bond motifs is 1. The molecule has 0 saturated heterocycles. The number of benzene rings is 2. The fourth-order valence-electron chi connectivity index (χ4n) is 3.26. The summed E-state index contributed by atoms with van der Waals surface area (Å²) in [6.07, 6.45) is 2.42. The number of aromatic nitrogens is 2. The van der Waals surface area contributed by atoms with Gasteiger partial charge in [0.2, 0.25) is 5.91 Å². The van der Waals surface area contributed by atoms with Crippen molar-refractivity contribution >= 4 is 49.1 Å². The van der Waals surface area contributed by atoms with E-state index >= 15 is 0 Å². The summed E-state index contributed by atoms with van der Waals surface area (Å²) in [5.41, 5.74) is 3.53. The first-order chi connectivity index (χ1) is 14.5. The van der Waals surface area contributed by atoms with Crippen LogP contribution in [0.2, 0.25) is 0 Å². The Hall–Kier alpha value is -2.77. The van der Waals surface area contributed by atoms with E-state index in [1.807, 2.05) is 29.6 Å². The molecule has 7 heteroatoms. The smallest absolute Gasteiger partial charge is 0.263 e. The third-order valence-electron chi connectivity index (χ3n) is 5.10. The zero-order valence-electron chi connectivity index (χ0n) is 16.6. The number of carbonyl (C=O) groups is 1. The highest BCUT2D eigenvalue weighted by Crippen LogP contribution is 2.31. The van der Waals surface area contributed by atoms with Crippen molar-refractivity contribution in [2.75, 3.05) is 5.32 Å². The third kappa shape index (κ3) is 3.95. The minimum atomic E-state index is -0.701. The van der Waals surface area contributed by atoms with Gasteiger partial charge < -0.3 is 5.32 Å². The predicted octanol–water partition coefficient (Wildman–Crippen LogP) is 5.65. The number of amides is 1. The average molecular weight is 482 g/mol. The number of halogens is 1. The summed E-state index contributed by atoms with van der Waals surface area (Å²) in [7, 11) is 0. The van der Waals surface area contributed by atoms with Crippen LogP contribution in [0.25, 0.3) is 21.3 Å². The number of anilines is 1. The molecule has 1 N–H and O–H groups in total. The molecule has 0 spiro atoms. The van der Waals surface area contributed by atoms with E-state index in [1.54, 1.807) is 19.1 Å². The van der Waals surface area contributed by atoms with Crippen LogP contribution in [0.4, 0.5) is 5.69 Å². The Labute approximate surface area is 186 Å². The molecule has 4 rings (SSSR count). The van der Waals surface area contributed by atoms with Crippen molar-refractivity contribution in [1.29, 1.82) is 0 Å². The molecule has 2 heterocycles. The zero-order chi connectivity index (χ0) is 21.3. The fourth-order valence-corrected chi connectivity index (χ4v) is 4.43. The molecule has 0 aliphatic carbocycles. The first kappa shape index (κ1) is 20.5. The third-order valence-corrected chi connectivity index (χ3v) is 6.52. The lowest BCUT2D eigenvalue weighted by Crippen LogP contribution is -2.31.